The van der Waals surface area contributed by atoms with E-state index in [1.54, 1.807) is 0 Å². The first-order valence-corrected chi connectivity index (χ1v) is 13.3. The normalized spacial score (nSPS) is 24.2. The summed E-state index contributed by atoms with van der Waals surface area (Å²) in [6.07, 6.45) is 5.01. The van der Waals surface area contributed by atoms with Crippen molar-refractivity contribution in [2.75, 3.05) is 17.2 Å². The van der Waals surface area contributed by atoms with Crippen molar-refractivity contribution >= 4 is 23.2 Å². The lowest BCUT2D eigenvalue weighted by molar-refractivity contribution is -0.152. The molecule has 0 aromatic heterocycles. The van der Waals surface area contributed by atoms with Crippen LogP contribution in [0.4, 0.5) is 11.4 Å². The van der Waals surface area contributed by atoms with Crippen molar-refractivity contribution in [2.24, 2.45) is 11.3 Å². The highest BCUT2D eigenvalue weighted by molar-refractivity contribution is 6.10. The summed E-state index contributed by atoms with van der Waals surface area (Å²) in [5, 5.41) is 6.86. The summed E-state index contributed by atoms with van der Waals surface area (Å²) in [4.78, 5) is 30.4. The van der Waals surface area contributed by atoms with Gasteiger partial charge in [-0.2, -0.15) is 0 Å². The number of carbonyl (C=O) groups excluding carboxylic acids is 2. The Labute approximate surface area is 212 Å². The maximum atomic E-state index is 14.5. The number of fused-ring (bicyclic) bond motifs is 3. The van der Waals surface area contributed by atoms with Gasteiger partial charge in [-0.1, -0.05) is 86.0 Å². The minimum atomic E-state index is -1.01. The van der Waals surface area contributed by atoms with E-state index in [1.165, 1.54) is 5.56 Å². The minimum Gasteiger partial charge on any atom is -0.378 e. The maximum absolute atomic E-state index is 14.5. The molecule has 2 amide bonds. The van der Waals surface area contributed by atoms with Crippen LogP contribution in [0.25, 0.3) is 0 Å². The molecule has 1 aliphatic carbocycles. The summed E-state index contributed by atoms with van der Waals surface area (Å²) >= 11 is 0. The molecule has 6 rings (SSSR count). The van der Waals surface area contributed by atoms with Crippen molar-refractivity contribution in [3.05, 3.63) is 96.1 Å². The molecule has 2 fully saturated rings. The number of amides is 2. The summed E-state index contributed by atoms with van der Waals surface area (Å²) in [7, 11) is 0. The van der Waals surface area contributed by atoms with Crippen molar-refractivity contribution in [1.82, 2.24) is 4.90 Å². The topological polar surface area (TPSA) is 61.4 Å². The van der Waals surface area contributed by atoms with Gasteiger partial charge in [-0.25, -0.2) is 0 Å². The molecular formula is C31H33N3O2. The molecule has 3 unspecified atom stereocenters. The molecule has 3 atom stereocenters. The van der Waals surface area contributed by atoms with Crippen LogP contribution in [0.15, 0.2) is 84.9 Å². The highest BCUT2D eigenvalue weighted by Crippen LogP contribution is 2.53. The van der Waals surface area contributed by atoms with Crippen LogP contribution in [0, 0.1) is 11.3 Å². The van der Waals surface area contributed by atoms with Crippen LogP contribution < -0.4 is 10.6 Å². The Bertz CT molecular complexity index is 1240. The summed E-state index contributed by atoms with van der Waals surface area (Å²) < 4.78 is 0. The Hall–Kier alpha value is -3.60. The van der Waals surface area contributed by atoms with E-state index in [2.05, 4.69) is 58.0 Å². The predicted octanol–water partition coefficient (Wildman–Crippen LogP) is 6.33. The fourth-order valence-corrected chi connectivity index (χ4v) is 6.68. The molecule has 1 saturated heterocycles. The molecule has 2 heterocycles. The van der Waals surface area contributed by atoms with Gasteiger partial charge in [0.25, 0.3) is 0 Å². The molecule has 0 bridgehead atoms. The first kappa shape index (κ1) is 22.8. The number of likely N-dealkylation sites (tertiary alicyclic amines) is 1. The zero-order chi connectivity index (χ0) is 24.5. The van der Waals surface area contributed by atoms with Gasteiger partial charge in [0.1, 0.15) is 5.41 Å². The highest BCUT2D eigenvalue weighted by Gasteiger charge is 2.54. The summed E-state index contributed by atoms with van der Waals surface area (Å²) in [6, 6.07) is 28.5. The summed E-state index contributed by atoms with van der Waals surface area (Å²) in [5.74, 6) is 0.111. The third-order valence-electron chi connectivity index (χ3n) is 8.47. The maximum Gasteiger partial charge on any atom is 0.240 e. The van der Waals surface area contributed by atoms with Crippen molar-refractivity contribution < 1.29 is 9.59 Å². The fourth-order valence-electron chi connectivity index (χ4n) is 6.68. The number of rotatable bonds is 4. The van der Waals surface area contributed by atoms with Gasteiger partial charge >= 0.3 is 0 Å². The average Bonchev–Trinajstić information content (AvgIpc) is 3.39. The standard InChI is InChI=1S/C31H33N3O2/c35-29(32-23-14-6-2-7-15-23)31(19-10-3-11-20-31)30(36)34-21-18-25-27(22-12-4-1-5-13-22)33-26-17-9-8-16-24(26)28(25)34/h1-2,4-9,12-17,25,27-28,33H,3,10-11,18-21H2,(H,32,35). The lowest BCUT2D eigenvalue weighted by Crippen LogP contribution is -2.52. The summed E-state index contributed by atoms with van der Waals surface area (Å²) in [5.41, 5.74) is 3.22. The van der Waals surface area contributed by atoms with Crippen molar-refractivity contribution in [2.45, 2.75) is 50.6 Å². The second kappa shape index (κ2) is 9.45. The van der Waals surface area contributed by atoms with Crippen LogP contribution in [-0.2, 0) is 9.59 Å². The molecule has 2 aliphatic heterocycles. The second-order valence-electron chi connectivity index (χ2n) is 10.5. The van der Waals surface area contributed by atoms with E-state index >= 15 is 0 Å². The Morgan fingerprint density at radius 1 is 0.833 bits per heavy atom. The minimum absolute atomic E-state index is 0.00615. The molecule has 0 radical (unpaired) electrons. The van der Waals surface area contributed by atoms with Crippen LogP contribution in [0.2, 0.25) is 0 Å². The molecule has 3 aromatic carbocycles. The molecule has 2 N–H and O–H groups in total. The lowest BCUT2D eigenvalue weighted by Gasteiger charge is -2.43. The number of benzene rings is 3. The lowest BCUT2D eigenvalue weighted by atomic mass is 9.71. The van der Waals surface area contributed by atoms with Crippen LogP contribution in [0.5, 0.6) is 0 Å². The number of nitrogens with zero attached hydrogens (tertiary/aromatic N) is 1. The molecule has 3 aromatic rings. The van der Waals surface area contributed by atoms with Crippen LogP contribution >= 0.6 is 0 Å². The molecule has 5 heteroatoms. The molecule has 5 nitrogen and oxygen atoms in total. The van der Waals surface area contributed by atoms with E-state index in [1.807, 2.05) is 42.5 Å². The van der Waals surface area contributed by atoms with E-state index in [0.717, 1.165) is 42.6 Å². The number of hydrogen-bond acceptors (Lipinski definition) is 3. The highest BCUT2D eigenvalue weighted by atomic mass is 16.2. The number of anilines is 2. The van der Waals surface area contributed by atoms with E-state index in [0.29, 0.717) is 19.4 Å². The van der Waals surface area contributed by atoms with E-state index in [-0.39, 0.29) is 29.8 Å². The molecule has 184 valence electrons. The smallest absolute Gasteiger partial charge is 0.240 e. The third-order valence-corrected chi connectivity index (χ3v) is 8.47. The second-order valence-corrected chi connectivity index (χ2v) is 10.5. The number of hydrogen-bond donors (Lipinski definition) is 2. The largest absolute Gasteiger partial charge is 0.378 e. The fraction of sp³-hybridized carbons (Fsp3) is 0.355. The molecular weight excluding hydrogens is 446 g/mol. The number of para-hydroxylation sites is 2. The molecule has 0 spiro atoms. The SMILES string of the molecule is O=C(Nc1ccccc1)C1(C(=O)N2CCC3C(c4ccccc4)Nc4ccccc4C32)CCCCC1. The Kier molecular flexibility index (Phi) is 6.00. The quantitative estimate of drug-likeness (QED) is 0.430. The Balaban J connectivity index is 1.36. The van der Waals surface area contributed by atoms with Crippen LogP contribution in [0.1, 0.15) is 61.7 Å². The predicted molar refractivity (Wildman–Crippen MR) is 142 cm³/mol. The van der Waals surface area contributed by atoms with Crippen molar-refractivity contribution in [3.63, 3.8) is 0 Å². The first-order chi connectivity index (χ1) is 17.7. The zero-order valence-electron chi connectivity index (χ0n) is 20.5. The average molecular weight is 480 g/mol. The molecule has 3 aliphatic rings. The van der Waals surface area contributed by atoms with Gasteiger partial charge < -0.3 is 15.5 Å². The third kappa shape index (κ3) is 3.87. The van der Waals surface area contributed by atoms with Gasteiger partial charge in [-0.05, 0) is 48.6 Å². The van der Waals surface area contributed by atoms with Gasteiger partial charge in [0, 0.05) is 23.8 Å². The first-order valence-electron chi connectivity index (χ1n) is 13.3. The Morgan fingerprint density at radius 3 is 2.25 bits per heavy atom. The zero-order valence-corrected chi connectivity index (χ0v) is 20.5. The van der Waals surface area contributed by atoms with Gasteiger partial charge in [0.2, 0.25) is 11.8 Å². The van der Waals surface area contributed by atoms with Gasteiger partial charge in [0.15, 0.2) is 0 Å². The van der Waals surface area contributed by atoms with E-state index in [4.69, 9.17) is 0 Å². The number of carbonyl (C=O) groups is 2. The van der Waals surface area contributed by atoms with Crippen LogP contribution in [0.3, 0.4) is 0 Å². The van der Waals surface area contributed by atoms with Gasteiger partial charge in [-0.15, -0.1) is 0 Å². The van der Waals surface area contributed by atoms with Crippen molar-refractivity contribution in [1.29, 1.82) is 0 Å². The van der Waals surface area contributed by atoms with Crippen molar-refractivity contribution in [3.8, 4) is 0 Å². The van der Waals surface area contributed by atoms with Crippen LogP contribution in [-0.4, -0.2) is 23.3 Å². The Morgan fingerprint density at radius 2 is 1.50 bits per heavy atom. The van der Waals surface area contributed by atoms with Gasteiger partial charge in [-0.3, -0.25) is 9.59 Å². The monoisotopic (exact) mass is 479 g/mol. The summed E-state index contributed by atoms with van der Waals surface area (Å²) in [6.45, 7) is 0.674. The van der Waals surface area contributed by atoms with E-state index in [9.17, 15) is 9.59 Å². The van der Waals surface area contributed by atoms with E-state index < -0.39 is 5.41 Å². The van der Waals surface area contributed by atoms with Gasteiger partial charge in [0.05, 0.1) is 12.1 Å². The molecule has 36 heavy (non-hydrogen) atoms. The number of nitrogens with one attached hydrogen (secondary N) is 2. The molecule has 1 saturated carbocycles.